The average Bonchev–Trinajstić information content (AvgIpc) is 2.83. The van der Waals surface area contributed by atoms with Crippen molar-refractivity contribution in [3.63, 3.8) is 0 Å². The van der Waals surface area contributed by atoms with Gasteiger partial charge in [0, 0.05) is 13.1 Å². The Hall–Kier alpha value is -2.73. The first kappa shape index (κ1) is 32.3. The Morgan fingerprint density at radius 2 is 1.38 bits per heavy atom. The van der Waals surface area contributed by atoms with E-state index in [-0.39, 0.29) is 26.3 Å². The number of hydrogen-bond acceptors (Lipinski definition) is 10. The molecule has 0 atom stereocenters. The standard InChI is InChI=1S/C26H42N2O9/c1-5-35-23(29)19-28(20-24(30)36-21-22-9-7-6-8-10-22)12-14-33-16-18-34-17-15-32-13-11-27-25(31)37-26(2,3)4/h6-10H,5,11-21H2,1-4H3,(H,27,31). The van der Waals surface area contributed by atoms with E-state index in [1.165, 1.54) is 0 Å². The summed E-state index contributed by atoms with van der Waals surface area (Å²) in [5.41, 5.74) is 0.355. The van der Waals surface area contributed by atoms with Gasteiger partial charge in [-0.3, -0.25) is 14.5 Å². The van der Waals surface area contributed by atoms with E-state index < -0.39 is 23.6 Å². The summed E-state index contributed by atoms with van der Waals surface area (Å²) in [5.74, 6) is -0.847. The predicted molar refractivity (Wildman–Crippen MR) is 136 cm³/mol. The molecule has 0 saturated heterocycles. The number of carbonyl (C=O) groups excluding carboxylic acids is 3. The summed E-state index contributed by atoms with van der Waals surface area (Å²) in [5, 5.41) is 2.61. The molecule has 11 heteroatoms. The molecule has 0 radical (unpaired) electrons. The highest BCUT2D eigenvalue weighted by Gasteiger charge is 2.17. The van der Waals surface area contributed by atoms with E-state index in [1.807, 2.05) is 30.3 Å². The lowest BCUT2D eigenvalue weighted by atomic mass is 10.2. The number of benzene rings is 1. The molecular formula is C26H42N2O9. The summed E-state index contributed by atoms with van der Waals surface area (Å²) in [6.45, 7) is 10.3. The number of hydrogen-bond donors (Lipinski definition) is 1. The zero-order valence-electron chi connectivity index (χ0n) is 22.5. The maximum absolute atomic E-state index is 12.2. The highest BCUT2D eigenvalue weighted by Crippen LogP contribution is 2.06. The van der Waals surface area contributed by atoms with Gasteiger partial charge in [0.1, 0.15) is 12.2 Å². The van der Waals surface area contributed by atoms with E-state index >= 15 is 0 Å². The van der Waals surface area contributed by atoms with Crippen LogP contribution in [0.1, 0.15) is 33.3 Å². The van der Waals surface area contributed by atoms with Gasteiger partial charge >= 0.3 is 18.0 Å². The van der Waals surface area contributed by atoms with Gasteiger partial charge in [-0.15, -0.1) is 0 Å². The third-order valence-corrected chi connectivity index (χ3v) is 4.46. The summed E-state index contributed by atoms with van der Waals surface area (Å²) < 4.78 is 31.8. The molecule has 1 amide bonds. The third kappa shape index (κ3) is 19.1. The minimum Gasteiger partial charge on any atom is -0.465 e. The molecular weight excluding hydrogens is 484 g/mol. The molecule has 0 aliphatic rings. The second kappa shape index (κ2) is 19.4. The number of nitrogens with one attached hydrogen (secondary N) is 1. The quantitative estimate of drug-likeness (QED) is 0.163. The van der Waals surface area contributed by atoms with Crippen LogP contribution in [0.2, 0.25) is 0 Å². The molecule has 0 aliphatic heterocycles. The maximum atomic E-state index is 12.2. The van der Waals surface area contributed by atoms with Crippen LogP contribution < -0.4 is 5.32 Å². The third-order valence-electron chi connectivity index (χ3n) is 4.46. The van der Waals surface area contributed by atoms with Crippen molar-refractivity contribution in [2.45, 2.75) is 39.9 Å². The molecule has 1 rings (SSSR count). The molecule has 0 heterocycles. The fourth-order valence-electron chi connectivity index (χ4n) is 2.84. The average molecular weight is 527 g/mol. The van der Waals surface area contributed by atoms with Crippen LogP contribution in [0.15, 0.2) is 30.3 Å². The molecule has 0 aliphatic carbocycles. The largest absolute Gasteiger partial charge is 0.465 e. The van der Waals surface area contributed by atoms with Crippen LogP contribution in [0, 0.1) is 0 Å². The summed E-state index contributed by atoms with van der Waals surface area (Å²) in [4.78, 5) is 37.3. The van der Waals surface area contributed by atoms with Crippen molar-refractivity contribution < 1.29 is 42.8 Å². The lowest BCUT2D eigenvalue weighted by molar-refractivity contribution is -0.149. The fraction of sp³-hybridized carbons (Fsp3) is 0.654. The zero-order chi connectivity index (χ0) is 27.4. The van der Waals surface area contributed by atoms with E-state index in [0.717, 1.165) is 5.56 Å². The molecule has 0 spiro atoms. The molecule has 1 aromatic rings. The van der Waals surface area contributed by atoms with Gasteiger partial charge in [-0.2, -0.15) is 0 Å². The van der Waals surface area contributed by atoms with Gasteiger partial charge in [0.25, 0.3) is 0 Å². The Morgan fingerprint density at radius 3 is 1.97 bits per heavy atom. The Labute approximate surface area is 219 Å². The number of amides is 1. The van der Waals surface area contributed by atoms with E-state index in [1.54, 1.807) is 32.6 Å². The highest BCUT2D eigenvalue weighted by molar-refractivity contribution is 5.75. The van der Waals surface area contributed by atoms with Crippen LogP contribution in [-0.2, 0) is 44.6 Å². The monoisotopic (exact) mass is 526 g/mol. The summed E-state index contributed by atoms with van der Waals surface area (Å²) in [6, 6.07) is 9.37. The van der Waals surface area contributed by atoms with Gasteiger partial charge in [-0.25, -0.2) is 4.79 Å². The predicted octanol–water partition coefficient (Wildman–Crippen LogP) is 2.17. The first-order valence-corrected chi connectivity index (χ1v) is 12.5. The van der Waals surface area contributed by atoms with E-state index in [2.05, 4.69) is 5.32 Å². The number of rotatable bonds is 19. The number of esters is 2. The van der Waals surface area contributed by atoms with Crippen molar-refractivity contribution >= 4 is 18.0 Å². The Bertz CT molecular complexity index is 769. The summed E-state index contributed by atoms with van der Waals surface area (Å²) >= 11 is 0. The number of carbonyl (C=O) groups is 3. The first-order chi connectivity index (χ1) is 17.7. The van der Waals surface area contributed by atoms with Gasteiger partial charge in [-0.1, -0.05) is 30.3 Å². The summed E-state index contributed by atoms with van der Waals surface area (Å²) in [6.07, 6.45) is -0.477. The van der Waals surface area contributed by atoms with Crippen LogP contribution >= 0.6 is 0 Å². The topological polar surface area (TPSA) is 122 Å². The van der Waals surface area contributed by atoms with Crippen LogP contribution in [0.25, 0.3) is 0 Å². The summed E-state index contributed by atoms with van der Waals surface area (Å²) in [7, 11) is 0. The minimum atomic E-state index is -0.533. The first-order valence-electron chi connectivity index (χ1n) is 12.5. The SMILES string of the molecule is CCOC(=O)CN(CCOCCOCCOCCNC(=O)OC(C)(C)C)CC(=O)OCc1ccccc1. The van der Waals surface area contributed by atoms with Gasteiger partial charge in [0.15, 0.2) is 0 Å². The second-order valence-electron chi connectivity index (χ2n) is 8.93. The van der Waals surface area contributed by atoms with Crippen molar-refractivity contribution in [3.8, 4) is 0 Å². The molecule has 0 aromatic heterocycles. The number of ether oxygens (including phenoxy) is 6. The number of alkyl carbamates (subject to hydrolysis) is 1. The minimum absolute atomic E-state index is 0.0335. The van der Waals surface area contributed by atoms with Crippen molar-refractivity contribution in [2.75, 3.05) is 72.4 Å². The number of nitrogens with zero attached hydrogens (tertiary/aromatic N) is 1. The molecule has 210 valence electrons. The molecule has 1 aromatic carbocycles. The van der Waals surface area contributed by atoms with Crippen molar-refractivity contribution in [1.82, 2.24) is 10.2 Å². The van der Waals surface area contributed by atoms with Crippen LogP contribution in [0.4, 0.5) is 4.79 Å². The van der Waals surface area contributed by atoms with Gasteiger partial charge in [0.05, 0.1) is 59.3 Å². The Balaban J connectivity index is 2.13. The van der Waals surface area contributed by atoms with Gasteiger partial charge in [0.2, 0.25) is 0 Å². The molecule has 0 bridgehead atoms. The molecule has 0 fully saturated rings. The van der Waals surface area contributed by atoms with Crippen LogP contribution in [-0.4, -0.2) is 101 Å². The van der Waals surface area contributed by atoms with E-state index in [4.69, 9.17) is 28.4 Å². The normalized spacial score (nSPS) is 11.3. The Kier molecular flexibility index (Phi) is 16.9. The van der Waals surface area contributed by atoms with E-state index in [0.29, 0.717) is 52.7 Å². The molecule has 0 unspecified atom stereocenters. The molecule has 11 nitrogen and oxygen atoms in total. The van der Waals surface area contributed by atoms with Gasteiger partial charge < -0.3 is 33.7 Å². The zero-order valence-corrected chi connectivity index (χ0v) is 22.5. The lowest BCUT2D eigenvalue weighted by Gasteiger charge is -2.20. The molecule has 1 N–H and O–H groups in total. The fourth-order valence-corrected chi connectivity index (χ4v) is 2.84. The van der Waals surface area contributed by atoms with Gasteiger partial charge in [-0.05, 0) is 33.3 Å². The van der Waals surface area contributed by atoms with Crippen LogP contribution in [0.5, 0.6) is 0 Å². The maximum Gasteiger partial charge on any atom is 0.407 e. The van der Waals surface area contributed by atoms with Crippen LogP contribution in [0.3, 0.4) is 0 Å². The second-order valence-corrected chi connectivity index (χ2v) is 8.93. The van der Waals surface area contributed by atoms with Crippen molar-refractivity contribution in [1.29, 1.82) is 0 Å². The molecule has 37 heavy (non-hydrogen) atoms. The van der Waals surface area contributed by atoms with Crippen molar-refractivity contribution in [3.05, 3.63) is 35.9 Å². The van der Waals surface area contributed by atoms with E-state index in [9.17, 15) is 14.4 Å². The Morgan fingerprint density at radius 1 is 0.811 bits per heavy atom. The van der Waals surface area contributed by atoms with Crippen molar-refractivity contribution in [2.24, 2.45) is 0 Å². The lowest BCUT2D eigenvalue weighted by Crippen LogP contribution is -2.38. The highest BCUT2D eigenvalue weighted by atomic mass is 16.6. The smallest absolute Gasteiger partial charge is 0.407 e. The molecule has 0 saturated carbocycles.